The van der Waals surface area contributed by atoms with E-state index in [9.17, 15) is 9.59 Å². The van der Waals surface area contributed by atoms with Crippen molar-refractivity contribution in [3.8, 4) is 17.2 Å². The van der Waals surface area contributed by atoms with E-state index in [4.69, 9.17) is 9.47 Å². The Morgan fingerprint density at radius 2 is 1.44 bits per heavy atom. The van der Waals surface area contributed by atoms with E-state index in [1.165, 1.54) is 7.11 Å². The van der Waals surface area contributed by atoms with Crippen LogP contribution in [-0.2, 0) is 0 Å². The lowest BCUT2D eigenvalue weighted by Crippen LogP contribution is -2.29. The van der Waals surface area contributed by atoms with Crippen LogP contribution in [0.5, 0.6) is 17.2 Å². The summed E-state index contributed by atoms with van der Waals surface area (Å²) in [6, 6.07) is 19.5. The number of fused-ring (bicyclic) bond motifs is 1. The van der Waals surface area contributed by atoms with Crippen molar-refractivity contribution < 1.29 is 19.1 Å². The Kier molecular flexibility index (Phi) is 4.12. The molecule has 0 saturated carbocycles. The van der Waals surface area contributed by atoms with Crippen LogP contribution in [0.25, 0.3) is 0 Å². The summed E-state index contributed by atoms with van der Waals surface area (Å²) in [4.78, 5) is 26.8. The predicted molar refractivity (Wildman–Crippen MR) is 102 cm³/mol. The number of carbonyl (C=O) groups is 2. The third-order valence-corrected chi connectivity index (χ3v) is 4.44. The van der Waals surface area contributed by atoms with Crippen molar-refractivity contribution in [3.63, 3.8) is 0 Å². The molecular weight excluding hydrogens is 342 g/mol. The second-order valence-electron chi connectivity index (χ2n) is 6.24. The number of rotatable bonds is 4. The molecule has 0 N–H and O–H groups in total. The topological polar surface area (TPSA) is 55.8 Å². The van der Waals surface area contributed by atoms with Crippen LogP contribution in [0.4, 0.5) is 5.69 Å². The van der Waals surface area contributed by atoms with Crippen LogP contribution in [-0.4, -0.2) is 18.9 Å². The highest BCUT2D eigenvalue weighted by Gasteiger charge is 2.38. The molecule has 0 unspecified atom stereocenters. The predicted octanol–water partition coefficient (Wildman–Crippen LogP) is 4.60. The lowest BCUT2D eigenvalue weighted by molar-refractivity contribution is 0.0925. The van der Waals surface area contributed by atoms with Gasteiger partial charge in [-0.25, -0.2) is 4.90 Å². The molecule has 0 aromatic heterocycles. The molecule has 0 atom stereocenters. The zero-order valence-electron chi connectivity index (χ0n) is 14.9. The Morgan fingerprint density at radius 3 is 2.19 bits per heavy atom. The van der Waals surface area contributed by atoms with Crippen LogP contribution >= 0.6 is 0 Å². The molecule has 5 nitrogen and oxygen atoms in total. The van der Waals surface area contributed by atoms with E-state index in [1.54, 1.807) is 42.5 Å². The van der Waals surface area contributed by atoms with E-state index in [-0.39, 0.29) is 5.91 Å². The highest BCUT2D eigenvalue weighted by atomic mass is 16.5. The standard InChI is InChI=1S/C22H17NO4/c1-14-7-9-15(10-8-14)27-16-11-12-17-18(13-16)22(25)23(21(17)24)19-5-3-4-6-20(19)26-2/h3-13H,1-2H3. The summed E-state index contributed by atoms with van der Waals surface area (Å²) in [5, 5.41) is 0. The second kappa shape index (κ2) is 6.61. The molecule has 0 spiro atoms. The van der Waals surface area contributed by atoms with E-state index in [0.717, 1.165) is 10.5 Å². The molecule has 27 heavy (non-hydrogen) atoms. The summed E-state index contributed by atoms with van der Waals surface area (Å²) >= 11 is 0. The molecule has 0 radical (unpaired) electrons. The molecule has 1 heterocycles. The monoisotopic (exact) mass is 359 g/mol. The van der Waals surface area contributed by atoms with Gasteiger partial charge in [-0.1, -0.05) is 29.8 Å². The van der Waals surface area contributed by atoms with Crippen molar-refractivity contribution in [2.75, 3.05) is 12.0 Å². The summed E-state index contributed by atoms with van der Waals surface area (Å²) in [5.41, 5.74) is 2.22. The van der Waals surface area contributed by atoms with Gasteiger partial charge < -0.3 is 9.47 Å². The van der Waals surface area contributed by atoms with Gasteiger partial charge in [0.2, 0.25) is 0 Å². The first-order valence-corrected chi connectivity index (χ1v) is 8.49. The largest absolute Gasteiger partial charge is 0.495 e. The molecule has 1 aliphatic rings. The van der Waals surface area contributed by atoms with Crippen molar-refractivity contribution in [3.05, 3.63) is 83.4 Å². The van der Waals surface area contributed by atoms with Gasteiger partial charge in [-0.2, -0.15) is 0 Å². The zero-order chi connectivity index (χ0) is 19.0. The lowest BCUT2D eigenvalue weighted by Gasteiger charge is -2.16. The number of methoxy groups -OCH3 is 1. The number of benzene rings is 3. The Bertz CT molecular complexity index is 1040. The molecule has 4 rings (SSSR count). The number of para-hydroxylation sites is 2. The molecule has 0 bridgehead atoms. The van der Waals surface area contributed by atoms with Gasteiger partial charge in [0.15, 0.2) is 0 Å². The van der Waals surface area contributed by atoms with E-state index in [2.05, 4.69) is 0 Å². The van der Waals surface area contributed by atoms with Crippen LogP contribution in [0, 0.1) is 6.92 Å². The SMILES string of the molecule is COc1ccccc1N1C(=O)c2ccc(Oc3ccc(C)cc3)cc2C1=O. The Balaban J connectivity index is 1.68. The van der Waals surface area contributed by atoms with E-state index in [1.807, 2.05) is 31.2 Å². The Morgan fingerprint density at radius 1 is 0.778 bits per heavy atom. The fourth-order valence-corrected chi connectivity index (χ4v) is 3.06. The summed E-state index contributed by atoms with van der Waals surface area (Å²) in [6.07, 6.45) is 0. The minimum absolute atomic E-state index is 0.315. The molecule has 3 aromatic carbocycles. The quantitative estimate of drug-likeness (QED) is 0.639. The molecule has 5 heteroatoms. The fourth-order valence-electron chi connectivity index (χ4n) is 3.06. The second-order valence-corrected chi connectivity index (χ2v) is 6.24. The van der Waals surface area contributed by atoms with Crippen LogP contribution in [0.15, 0.2) is 66.7 Å². The summed E-state index contributed by atoms with van der Waals surface area (Å²) < 4.78 is 11.1. The zero-order valence-corrected chi connectivity index (χ0v) is 14.9. The number of aryl methyl sites for hydroxylation is 1. The average Bonchev–Trinajstić information content (AvgIpc) is 2.93. The van der Waals surface area contributed by atoms with Crippen molar-refractivity contribution in [1.82, 2.24) is 0 Å². The van der Waals surface area contributed by atoms with Gasteiger partial charge in [-0.05, 0) is 49.4 Å². The van der Waals surface area contributed by atoms with Gasteiger partial charge >= 0.3 is 0 Å². The Labute approximate surface area is 156 Å². The molecule has 0 saturated heterocycles. The van der Waals surface area contributed by atoms with E-state index in [0.29, 0.717) is 34.1 Å². The first-order chi connectivity index (χ1) is 13.1. The number of ether oxygens (including phenoxy) is 2. The molecule has 3 aromatic rings. The molecule has 0 fully saturated rings. The van der Waals surface area contributed by atoms with Gasteiger partial charge in [0, 0.05) is 0 Å². The summed E-state index contributed by atoms with van der Waals surface area (Å²) in [6.45, 7) is 2.00. The number of imide groups is 1. The van der Waals surface area contributed by atoms with Gasteiger partial charge in [0.25, 0.3) is 11.8 Å². The third kappa shape index (κ3) is 2.93. The molecule has 2 amide bonds. The average molecular weight is 359 g/mol. The van der Waals surface area contributed by atoms with E-state index < -0.39 is 5.91 Å². The van der Waals surface area contributed by atoms with Crippen LogP contribution < -0.4 is 14.4 Å². The van der Waals surface area contributed by atoms with Crippen molar-refractivity contribution >= 4 is 17.5 Å². The lowest BCUT2D eigenvalue weighted by atomic mass is 10.1. The highest BCUT2D eigenvalue weighted by Crippen LogP contribution is 2.36. The number of hydrogen-bond donors (Lipinski definition) is 0. The number of nitrogens with zero attached hydrogens (tertiary/aromatic N) is 1. The Hall–Kier alpha value is -3.60. The molecule has 0 aliphatic carbocycles. The van der Waals surface area contributed by atoms with Crippen LogP contribution in [0.1, 0.15) is 26.3 Å². The van der Waals surface area contributed by atoms with Crippen molar-refractivity contribution in [2.45, 2.75) is 6.92 Å². The van der Waals surface area contributed by atoms with Gasteiger partial charge in [-0.15, -0.1) is 0 Å². The first-order valence-electron chi connectivity index (χ1n) is 8.49. The highest BCUT2D eigenvalue weighted by molar-refractivity contribution is 6.35. The van der Waals surface area contributed by atoms with Crippen molar-refractivity contribution in [1.29, 1.82) is 0 Å². The number of hydrogen-bond acceptors (Lipinski definition) is 4. The fraction of sp³-hybridized carbons (Fsp3) is 0.0909. The summed E-state index contributed by atoms with van der Waals surface area (Å²) in [7, 11) is 1.50. The number of anilines is 1. The van der Waals surface area contributed by atoms with Gasteiger partial charge in [-0.3, -0.25) is 9.59 Å². The third-order valence-electron chi connectivity index (χ3n) is 4.44. The first kappa shape index (κ1) is 16.8. The molecule has 1 aliphatic heterocycles. The summed E-state index contributed by atoms with van der Waals surface area (Å²) in [5.74, 6) is 0.859. The van der Waals surface area contributed by atoms with Gasteiger partial charge in [0.05, 0.1) is 23.9 Å². The smallest absolute Gasteiger partial charge is 0.266 e. The van der Waals surface area contributed by atoms with Crippen molar-refractivity contribution in [2.24, 2.45) is 0 Å². The molecular formula is C22H17NO4. The maximum absolute atomic E-state index is 12.9. The number of carbonyl (C=O) groups excluding carboxylic acids is 2. The molecule has 134 valence electrons. The number of amides is 2. The minimum Gasteiger partial charge on any atom is -0.495 e. The maximum atomic E-state index is 12.9. The van der Waals surface area contributed by atoms with Gasteiger partial charge in [0.1, 0.15) is 17.2 Å². The normalized spacial score (nSPS) is 12.9. The minimum atomic E-state index is -0.395. The van der Waals surface area contributed by atoms with E-state index >= 15 is 0 Å². The maximum Gasteiger partial charge on any atom is 0.266 e. The van der Waals surface area contributed by atoms with Crippen LogP contribution in [0.2, 0.25) is 0 Å². The van der Waals surface area contributed by atoms with Crippen LogP contribution in [0.3, 0.4) is 0 Å².